The monoisotopic (exact) mass is 355 g/mol. The third-order valence-corrected chi connectivity index (χ3v) is 3.84. The van der Waals surface area contributed by atoms with Gasteiger partial charge in [-0.3, -0.25) is 4.90 Å². The molecule has 1 atom stereocenters. The summed E-state index contributed by atoms with van der Waals surface area (Å²) in [6.07, 6.45) is 3.80. The van der Waals surface area contributed by atoms with E-state index in [-0.39, 0.29) is 18.7 Å². The zero-order chi connectivity index (χ0) is 17.9. The molecule has 2 fully saturated rings. The lowest BCUT2D eigenvalue weighted by Crippen LogP contribution is -2.36. The summed E-state index contributed by atoms with van der Waals surface area (Å²) in [6.45, 7) is 5.20. The molecule has 2 aliphatic heterocycles. The van der Waals surface area contributed by atoms with Gasteiger partial charge >= 0.3 is 18.0 Å². The minimum Gasteiger partial charge on any atom is -0.463 e. The fourth-order valence-electron chi connectivity index (χ4n) is 2.45. The Kier molecular flexibility index (Phi) is 8.20. The van der Waals surface area contributed by atoms with Crippen molar-refractivity contribution in [1.29, 1.82) is 0 Å². The highest BCUT2D eigenvalue weighted by molar-refractivity contribution is 5.91. The molecule has 0 aromatic rings. The molecule has 0 aliphatic carbocycles. The Hall–Kier alpha value is -2.13. The van der Waals surface area contributed by atoms with Gasteiger partial charge in [-0.25, -0.2) is 14.4 Å². The molecule has 0 radical (unpaired) electrons. The predicted molar refractivity (Wildman–Crippen MR) is 87.9 cm³/mol. The summed E-state index contributed by atoms with van der Waals surface area (Å²) in [5.74, 6) is -1.22. The van der Waals surface area contributed by atoms with E-state index < -0.39 is 11.9 Å². The number of hydrogen-bond acceptors (Lipinski definition) is 7. The van der Waals surface area contributed by atoms with Crippen LogP contribution in [0.15, 0.2) is 12.2 Å². The van der Waals surface area contributed by atoms with Gasteiger partial charge in [0, 0.05) is 31.8 Å². The normalized spacial score (nSPS) is 21.0. The standard InChI is InChI=1S/C16H25N3O6/c20-14(24-8-2-1-5-19-6-9-23-10-7-19)3-4-15(21)25-12-13-11-17-16(22)18-13/h3-4,13H,1-2,5-12H2,(H2,17,18,22)/b4-3+. The summed E-state index contributed by atoms with van der Waals surface area (Å²) in [5, 5.41) is 5.14. The third kappa shape index (κ3) is 7.99. The maximum atomic E-state index is 11.5. The molecule has 2 amide bonds. The van der Waals surface area contributed by atoms with Gasteiger partial charge < -0.3 is 24.8 Å². The van der Waals surface area contributed by atoms with E-state index in [0.29, 0.717) is 13.2 Å². The summed E-state index contributed by atoms with van der Waals surface area (Å²) >= 11 is 0. The van der Waals surface area contributed by atoms with E-state index in [0.717, 1.165) is 57.8 Å². The number of morpholine rings is 1. The van der Waals surface area contributed by atoms with Crippen LogP contribution in [0.5, 0.6) is 0 Å². The van der Waals surface area contributed by atoms with Crippen LogP contribution in [0.1, 0.15) is 12.8 Å². The van der Waals surface area contributed by atoms with Gasteiger partial charge in [0.2, 0.25) is 0 Å². The molecule has 140 valence electrons. The Labute approximate surface area is 146 Å². The lowest BCUT2D eigenvalue weighted by atomic mass is 10.3. The van der Waals surface area contributed by atoms with Gasteiger partial charge in [0.1, 0.15) is 6.61 Å². The van der Waals surface area contributed by atoms with Gasteiger partial charge in [-0.05, 0) is 19.4 Å². The molecule has 2 saturated heterocycles. The molecule has 9 nitrogen and oxygen atoms in total. The molecule has 2 heterocycles. The van der Waals surface area contributed by atoms with Gasteiger partial charge in [0.15, 0.2) is 0 Å². The summed E-state index contributed by atoms with van der Waals surface area (Å²) in [5.41, 5.74) is 0. The van der Waals surface area contributed by atoms with E-state index in [2.05, 4.69) is 15.5 Å². The van der Waals surface area contributed by atoms with E-state index >= 15 is 0 Å². The second-order valence-electron chi connectivity index (χ2n) is 5.84. The number of amides is 2. The molecular formula is C16H25N3O6. The predicted octanol–water partition coefficient (Wildman–Crippen LogP) is -0.577. The average molecular weight is 355 g/mol. The van der Waals surface area contributed by atoms with Crippen LogP contribution >= 0.6 is 0 Å². The molecule has 2 rings (SSSR count). The lowest BCUT2D eigenvalue weighted by molar-refractivity contribution is -0.140. The van der Waals surface area contributed by atoms with Crippen LogP contribution in [0.4, 0.5) is 4.79 Å². The van der Waals surface area contributed by atoms with E-state index in [4.69, 9.17) is 14.2 Å². The van der Waals surface area contributed by atoms with Crippen LogP contribution in [0.2, 0.25) is 0 Å². The molecule has 9 heteroatoms. The van der Waals surface area contributed by atoms with Gasteiger partial charge in [0.25, 0.3) is 0 Å². The third-order valence-electron chi connectivity index (χ3n) is 3.84. The Balaban J connectivity index is 1.48. The maximum Gasteiger partial charge on any atom is 0.331 e. The largest absolute Gasteiger partial charge is 0.463 e. The number of carbonyl (C=O) groups is 3. The Morgan fingerprint density at radius 3 is 2.56 bits per heavy atom. The molecule has 25 heavy (non-hydrogen) atoms. The summed E-state index contributed by atoms with van der Waals surface area (Å²) in [4.78, 5) is 36.2. The molecular weight excluding hydrogens is 330 g/mol. The first kappa shape index (κ1) is 19.2. The summed E-state index contributed by atoms with van der Waals surface area (Å²) in [6, 6.07) is -0.531. The molecule has 0 saturated carbocycles. The number of urea groups is 1. The number of rotatable bonds is 9. The van der Waals surface area contributed by atoms with Crippen molar-refractivity contribution in [2.75, 3.05) is 52.6 Å². The van der Waals surface area contributed by atoms with Gasteiger partial charge in [-0.2, -0.15) is 0 Å². The minimum absolute atomic E-state index is 0.0541. The number of esters is 2. The molecule has 2 N–H and O–H groups in total. The van der Waals surface area contributed by atoms with Crippen LogP contribution in [-0.2, 0) is 23.8 Å². The van der Waals surface area contributed by atoms with Crippen LogP contribution in [0.3, 0.4) is 0 Å². The van der Waals surface area contributed by atoms with Crippen LogP contribution < -0.4 is 10.6 Å². The number of nitrogens with one attached hydrogen (secondary N) is 2. The number of hydrogen-bond donors (Lipinski definition) is 2. The highest BCUT2D eigenvalue weighted by Gasteiger charge is 2.20. The first-order valence-corrected chi connectivity index (χ1v) is 8.49. The topological polar surface area (TPSA) is 106 Å². The van der Waals surface area contributed by atoms with Crippen molar-refractivity contribution in [1.82, 2.24) is 15.5 Å². The average Bonchev–Trinajstić information content (AvgIpc) is 3.04. The van der Waals surface area contributed by atoms with Crippen LogP contribution in [0.25, 0.3) is 0 Å². The van der Waals surface area contributed by atoms with Crippen molar-refractivity contribution in [2.24, 2.45) is 0 Å². The number of nitrogens with zero attached hydrogens (tertiary/aromatic N) is 1. The lowest BCUT2D eigenvalue weighted by Gasteiger charge is -2.26. The fourth-order valence-corrected chi connectivity index (χ4v) is 2.45. The molecule has 2 aliphatic rings. The van der Waals surface area contributed by atoms with Crippen molar-refractivity contribution < 1.29 is 28.6 Å². The van der Waals surface area contributed by atoms with Crippen LogP contribution in [0, 0.1) is 0 Å². The first-order valence-electron chi connectivity index (χ1n) is 8.49. The maximum absolute atomic E-state index is 11.5. The Morgan fingerprint density at radius 2 is 1.88 bits per heavy atom. The van der Waals surface area contributed by atoms with Crippen molar-refractivity contribution in [3.8, 4) is 0 Å². The zero-order valence-electron chi connectivity index (χ0n) is 14.2. The first-order chi connectivity index (χ1) is 12.1. The van der Waals surface area contributed by atoms with Crippen molar-refractivity contribution in [3.63, 3.8) is 0 Å². The summed E-state index contributed by atoms with van der Waals surface area (Å²) in [7, 11) is 0. The highest BCUT2D eigenvalue weighted by Crippen LogP contribution is 2.00. The number of unbranched alkanes of at least 4 members (excludes halogenated alkanes) is 1. The van der Waals surface area contributed by atoms with Crippen molar-refractivity contribution >= 4 is 18.0 Å². The Morgan fingerprint density at radius 1 is 1.16 bits per heavy atom. The van der Waals surface area contributed by atoms with E-state index in [1.54, 1.807) is 0 Å². The zero-order valence-corrected chi connectivity index (χ0v) is 14.2. The molecule has 0 aromatic carbocycles. The smallest absolute Gasteiger partial charge is 0.331 e. The Bertz CT molecular complexity index is 490. The number of carbonyl (C=O) groups excluding carboxylic acids is 3. The fraction of sp³-hybridized carbons (Fsp3) is 0.688. The molecule has 1 unspecified atom stereocenters. The minimum atomic E-state index is -0.648. The second-order valence-corrected chi connectivity index (χ2v) is 5.84. The SMILES string of the molecule is O=C1NCC(COC(=O)/C=C/C(=O)OCCCCN2CCOCC2)N1. The van der Waals surface area contributed by atoms with Gasteiger partial charge in [-0.1, -0.05) is 0 Å². The molecule has 0 bridgehead atoms. The van der Waals surface area contributed by atoms with E-state index in [1.165, 1.54) is 0 Å². The van der Waals surface area contributed by atoms with Crippen LogP contribution in [-0.4, -0.2) is 81.5 Å². The highest BCUT2D eigenvalue weighted by atomic mass is 16.5. The van der Waals surface area contributed by atoms with E-state index in [1.807, 2.05) is 0 Å². The van der Waals surface area contributed by atoms with E-state index in [9.17, 15) is 14.4 Å². The van der Waals surface area contributed by atoms with Crippen molar-refractivity contribution in [3.05, 3.63) is 12.2 Å². The van der Waals surface area contributed by atoms with Gasteiger partial charge in [0.05, 0.1) is 25.9 Å². The van der Waals surface area contributed by atoms with Gasteiger partial charge in [-0.15, -0.1) is 0 Å². The number of ether oxygens (including phenoxy) is 3. The molecule has 0 aromatic heterocycles. The quantitative estimate of drug-likeness (QED) is 0.324. The second kappa shape index (κ2) is 10.7. The summed E-state index contributed by atoms with van der Waals surface area (Å²) < 4.78 is 15.2. The molecule has 0 spiro atoms. The van der Waals surface area contributed by atoms with Crippen molar-refractivity contribution in [2.45, 2.75) is 18.9 Å².